The zero-order valence-electron chi connectivity index (χ0n) is 17.8. The smallest absolute Gasteiger partial charge is 0.194 e. The van der Waals surface area contributed by atoms with Crippen LogP contribution in [0.3, 0.4) is 0 Å². The van der Waals surface area contributed by atoms with E-state index in [-0.39, 0.29) is 24.0 Å². The van der Waals surface area contributed by atoms with Crippen molar-refractivity contribution < 1.29 is 9.47 Å². The molecule has 1 aromatic heterocycles. The lowest BCUT2D eigenvalue weighted by molar-refractivity contribution is 0.00990. The number of halogens is 1. The number of ether oxygens (including phenoxy) is 2. The van der Waals surface area contributed by atoms with Gasteiger partial charge in [-0.25, -0.2) is 9.98 Å². The number of guanidine groups is 1. The van der Waals surface area contributed by atoms with Crippen LogP contribution < -0.4 is 5.32 Å². The molecule has 30 heavy (non-hydrogen) atoms. The predicted octanol–water partition coefficient (Wildman–Crippen LogP) is 3.07. The van der Waals surface area contributed by atoms with Crippen LogP contribution in [0, 0.1) is 0 Å². The molecule has 2 aromatic rings. The summed E-state index contributed by atoms with van der Waals surface area (Å²) in [4.78, 5) is 11.4. The minimum absolute atomic E-state index is 0. The van der Waals surface area contributed by atoms with E-state index in [1.165, 1.54) is 6.33 Å². The Morgan fingerprint density at radius 1 is 1.30 bits per heavy atom. The van der Waals surface area contributed by atoms with E-state index in [9.17, 15) is 0 Å². The Hall–Kier alpha value is -1.72. The van der Waals surface area contributed by atoms with Gasteiger partial charge in [0.25, 0.3) is 0 Å². The summed E-state index contributed by atoms with van der Waals surface area (Å²) in [5, 5.41) is 10.3. The molecular formula is C21H33IN6O2. The highest BCUT2D eigenvalue weighted by Gasteiger charge is 2.21. The van der Waals surface area contributed by atoms with E-state index in [1.54, 1.807) is 7.11 Å². The van der Waals surface area contributed by atoms with E-state index in [2.05, 4.69) is 44.5 Å². The average Bonchev–Trinajstić information content (AvgIpc) is 3.30. The number of rotatable bonds is 9. The van der Waals surface area contributed by atoms with Crippen LogP contribution in [0.5, 0.6) is 0 Å². The number of hydrogen-bond donors (Lipinski definition) is 2. The minimum atomic E-state index is 0. The summed E-state index contributed by atoms with van der Waals surface area (Å²) < 4.78 is 11.0. The molecule has 1 aliphatic rings. The predicted molar refractivity (Wildman–Crippen MR) is 129 cm³/mol. The van der Waals surface area contributed by atoms with Crippen molar-refractivity contribution in [1.29, 1.82) is 0 Å². The largest absolute Gasteiger partial charge is 0.385 e. The highest BCUT2D eigenvalue weighted by atomic mass is 127. The Morgan fingerprint density at radius 3 is 2.83 bits per heavy atom. The molecule has 0 aliphatic carbocycles. The van der Waals surface area contributed by atoms with Gasteiger partial charge in [0.2, 0.25) is 0 Å². The summed E-state index contributed by atoms with van der Waals surface area (Å²) in [6, 6.07) is 8.25. The van der Waals surface area contributed by atoms with E-state index < -0.39 is 0 Å². The summed E-state index contributed by atoms with van der Waals surface area (Å²) in [5.41, 5.74) is 2.16. The van der Waals surface area contributed by atoms with Gasteiger partial charge in [-0.15, -0.1) is 24.0 Å². The first-order valence-electron chi connectivity index (χ1n) is 10.4. The number of benzene rings is 1. The normalized spacial score (nSPS) is 15.1. The molecule has 0 saturated carbocycles. The summed E-state index contributed by atoms with van der Waals surface area (Å²) in [6.45, 7) is 7.02. The third-order valence-electron chi connectivity index (χ3n) is 4.95. The number of aromatic amines is 1. The molecule has 1 fully saturated rings. The maximum Gasteiger partial charge on any atom is 0.194 e. The van der Waals surface area contributed by atoms with Gasteiger partial charge in [0, 0.05) is 45.5 Å². The minimum Gasteiger partial charge on any atom is -0.385 e. The molecule has 1 saturated heterocycles. The van der Waals surface area contributed by atoms with Crippen LogP contribution in [0.15, 0.2) is 35.6 Å². The molecule has 9 heteroatoms. The molecule has 0 radical (unpaired) electrons. The van der Waals surface area contributed by atoms with Crippen LogP contribution in [-0.4, -0.2) is 72.1 Å². The second-order valence-electron chi connectivity index (χ2n) is 7.11. The second-order valence-corrected chi connectivity index (χ2v) is 7.11. The molecule has 0 unspecified atom stereocenters. The SMILES string of the molecule is CCNC(=NCc1cccc(-c2ncn[nH]2)c1)N1CCC(OCCCOC)CC1.I. The Labute approximate surface area is 195 Å². The fourth-order valence-electron chi connectivity index (χ4n) is 3.44. The molecule has 3 rings (SSSR count). The average molecular weight is 528 g/mol. The second kappa shape index (κ2) is 13.6. The summed E-state index contributed by atoms with van der Waals surface area (Å²) >= 11 is 0. The van der Waals surface area contributed by atoms with E-state index in [0.29, 0.717) is 12.6 Å². The molecule has 166 valence electrons. The fourth-order valence-corrected chi connectivity index (χ4v) is 3.44. The van der Waals surface area contributed by atoms with Crippen molar-refractivity contribution in [3.63, 3.8) is 0 Å². The van der Waals surface area contributed by atoms with Crippen molar-refractivity contribution in [2.45, 2.75) is 38.8 Å². The van der Waals surface area contributed by atoms with E-state index in [0.717, 1.165) is 75.0 Å². The van der Waals surface area contributed by atoms with Gasteiger partial charge in [0.05, 0.1) is 12.6 Å². The number of hydrogen-bond acceptors (Lipinski definition) is 5. The summed E-state index contributed by atoms with van der Waals surface area (Å²) in [5.74, 6) is 1.74. The lowest BCUT2D eigenvalue weighted by Crippen LogP contribution is -2.47. The highest BCUT2D eigenvalue weighted by Crippen LogP contribution is 2.17. The standard InChI is InChI=1S/C21H32N6O2.HI/c1-3-22-21(27-10-8-19(9-11-27)29-13-5-12-28-2)23-15-17-6-4-7-18(14-17)20-24-16-25-26-20;/h4,6-7,14,16,19H,3,5,8-13,15H2,1-2H3,(H,22,23)(H,24,25,26);1H. The zero-order chi connectivity index (χ0) is 20.3. The number of likely N-dealkylation sites (tertiary alicyclic amines) is 1. The molecule has 0 amide bonds. The molecule has 2 heterocycles. The Kier molecular flexibility index (Phi) is 11.1. The maximum atomic E-state index is 5.97. The first-order chi connectivity index (χ1) is 14.3. The van der Waals surface area contributed by atoms with Crippen LogP contribution in [0.1, 0.15) is 31.7 Å². The van der Waals surface area contributed by atoms with E-state index in [4.69, 9.17) is 14.5 Å². The van der Waals surface area contributed by atoms with Crippen LogP contribution in [0.25, 0.3) is 11.4 Å². The molecule has 1 aromatic carbocycles. The third kappa shape index (κ3) is 7.51. The van der Waals surface area contributed by atoms with Crippen molar-refractivity contribution in [1.82, 2.24) is 25.4 Å². The van der Waals surface area contributed by atoms with Crippen molar-refractivity contribution in [3.8, 4) is 11.4 Å². The van der Waals surface area contributed by atoms with Crippen LogP contribution in [0.4, 0.5) is 0 Å². The lowest BCUT2D eigenvalue weighted by Gasteiger charge is -2.34. The Morgan fingerprint density at radius 2 is 2.13 bits per heavy atom. The third-order valence-corrected chi connectivity index (χ3v) is 4.95. The van der Waals surface area contributed by atoms with Crippen LogP contribution in [-0.2, 0) is 16.0 Å². The van der Waals surface area contributed by atoms with Crippen LogP contribution >= 0.6 is 24.0 Å². The van der Waals surface area contributed by atoms with Crippen molar-refractivity contribution in [2.75, 3.05) is 40.0 Å². The van der Waals surface area contributed by atoms with E-state index in [1.807, 2.05) is 12.1 Å². The molecule has 1 aliphatic heterocycles. The zero-order valence-corrected chi connectivity index (χ0v) is 20.2. The molecule has 8 nitrogen and oxygen atoms in total. The van der Waals surface area contributed by atoms with Crippen LogP contribution in [0.2, 0.25) is 0 Å². The number of methoxy groups -OCH3 is 1. The summed E-state index contributed by atoms with van der Waals surface area (Å²) in [6.07, 6.45) is 4.86. The quantitative estimate of drug-likeness (QED) is 0.225. The first-order valence-corrected chi connectivity index (χ1v) is 10.4. The van der Waals surface area contributed by atoms with Gasteiger partial charge in [-0.1, -0.05) is 18.2 Å². The van der Waals surface area contributed by atoms with Gasteiger partial charge in [0.15, 0.2) is 11.8 Å². The first kappa shape index (κ1) is 24.5. The van der Waals surface area contributed by atoms with Gasteiger partial charge in [0.1, 0.15) is 6.33 Å². The molecule has 0 atom stereocenters. The van der Waals surface area contributed by atoms with Crippen molar-refractivity contribution >= 4 is 29.9 Å². The van der Waals surface area contributed by atoms with E-state index >= 15 is 0 Å². The number of aromatic nitrogens is 3. The monoisotopic (exact) mass is 528 g/mol. The number of H-pyrrole nitrogens is 1. The highest BCUT2D eigenvalue weighted by molar-refractivity contribution is 14.0. The van der Waals surface area contributed by atoms with Gasteiger partial charge < -0.3 is 19.7 Å². The molecule has 0 spiro atoms. The number of aliphatic imine (C=N–C) groups is 1. The number of nitrogens with one attached hydrogen (secondary N) is 2. The molecule has 0 bridgehead atoms. The summed E-state index contributed by atoms with van der Waals surface area (Å²) in [7, 11) is 1.73. The maximum absolute atomic E-state index is 5.97. The van der Waals surface area contributed by atoms with Gasteiger partial charge in [-0.3, -0.25) is 5.10 Å². The Bertz CT molecular complexity index is 748. The van der Waals surface area contributed by atoms with Crippen molar-refractivity contribution in [3.05, 3.63) is 36.2 Å². The number of nitrogens with zero attached hydrogens (tertiary/aromatic N) is 4. The lowest BCUT2D eigenvalue weighted by atomic mass is 10.1. The van der Waals surface area contributed by atoms with Gasteiger partial charge in [-0.2, -0.15) is 5.10 Å². The van der Waals surface area contributed by atoms with Gasteiger partial charge in [-0.05, 0) is 37.8 Å². The fraction of sp³-hybridized carbons (Fsp3) is 0.571. The molecular weight excluding hydrogens is 495 g/mol. The number of piperidine rings is 1. The topological polar surface area (TPSA) is 87.7 Å². The Balaban J connectivity index is 0.00000320. The van der Waals surface area contributed by atoms with Gasteiger partial charge >= 0.3 is 0 Å². The van der Waals surface area contributed by atoms with Crippen molar-refractivity contribution in [2.24, 2.45) is 4.99 Å². The molecule has 2 N–H and O–H groups in total.